The molecule has 0 unspecified atom stereocenters. The minimum absolute atomic E-state index is 0.729. The Kier molecular flexibility index (Phi) is 2.41. The van der Waals surface area contributed by atoms with Gasteiger partial charge in [-0.05, 0) is 30.2 Å². The molecule has 0 radical (unpaired) electrons. The molecule has 0 aromatic heterocycles. The number of fused-ring (bicyclic) bond motifs is 1. The number of anilines is 2. The van der Waals surface area contributed by atoms with E-state index in [2.05, 4.69) is 35.2 Å². The lowest BCUT2D eigenvalue weighted by atomic mass is 10.1. The molecule has 0 atom stereocenters. The van der Waals surface area contributed by atoms with Crippen molar-refractivity contribution >= 4 is 17.7 Å². The summed E-state index contributed by atoms with van der Waals surface area (Å²) in [6, 6.07) is 16.2. The predicted molar refractivity (Wildman–Crippen MR) is 69.0 cm³/mol. The average molecular weight is 223 g/mol. The quantitative estimate of drug-likeness (QED) is 0.729. The first-order valence-electron chi connectivity index (χ1n) is 5.79. The van der Waals surface area contributed by atoms with Gasteiger partial charge < -0.3 is 4.90 Å². The summed E-state index contributed by atoms with van der Waals surface area (Å²) < 4.78 is 0. The van der Waals surface area contributed by atoms with Crippen LogP contribution in [0.1, 0.15) is 15.9 Å². The first kappa shape index (κ1) is 10.1. The topological polar surface area (TPSA) is 20.3 Å². The van der Waals surface area contributed by atoms with Crippen LogP contribution in [0.4, 0.5) is 11.4 Å². The highest BCUT2D eigenvalue weighted by Crippen LogP contribution is 2.34. The molecule has 0 amide bonds. The van der Waals surface area contributed by atoms with Gasteiger partial charge in [-0.1, -0.05) is 30.3 Å². The molecule has 1 heterocycles. The van der Waals surface area contributed by atoms with E-state index in [-0.39, 0.29) is 0 Å². The Morgan fingerprint density at radius 1 is 1.06 bits per heavy atom. The van der Waals surface area contributed by atoms with E-state index in [1.807, 2.05) is 18.2 Å². The average Bonchev–Trinajstić information content (AvgIpc) is 2.82. The first-order valence-corrected chi connectivity index (χ1v) is 5.79. The zero-order valence-electron chi connectivity index (χ0n) is 9.47. The minimum Gasteiger partial charge on any atom is -0.341 e. The number of hydrogen-bond donors (Lipinski definition) is 0. The van der Waals surface area contributed by atoms with Gasteiger partial charge in [0, 0.05) is 23.5 Å². The second-order valence-electron chi connectivity index (χ2n) is 4.24. The van der Waals surface area contributed by atoms with Gasteiger partial charge in [-0.3, -0.25) is 4.79 Å². The molecule has 17 heavy (non-hydrogen) atoms. The van der Waals surface area contributed by atoms with E-state index in [4.69, 9.17) is 0 Å². The number of hydrogen-bond acceptors (Lipinski definition) is 2. The number of aldehydes is 1. The fourth-order valence-electron chi connectivity index (χ4n) is 2.37. The molecule has 1 aliphatic heterocycles. The van der Waals surface area contributed by atoms with Crippen LogP contribution >= 0.6 is 0 Å². The van der Waals surface area contributed by atoms with E-state index in [0.717, 1.165) is 30.5 Å². The fraction of sp³-hybridized carbons (Fsp3) is 0.133. The van der Waals surface area contributed by atoms with Crippen LogP contribution in [0.3, 0.4) is 0 Å². The summed E-state index contributed by atoms with van der Waals surface area (Å²) in [4.78, 5) is 13.1. The Balaban J connectivity index is 2.03. The first-order chi connectivity index (χ1) is 8.38. The van der Waals surface area contributed by atoms with Gasteiger partial charge >= 0.3 is 0 Å². The van der Waals surface area contributed by atoms with Gasteiger partial charge in [-0.2, -0.15) is 0 Å². The number of benzene rings is 2. The monoisotopic (exact) mass is 223 g/mol. The van der Waals surface area contributed by atoms with Gasteiger partial charge in [0.15, 0.2) is 0 Å². The van der Waals surface area contributed by atoms with E-state index in [0.29, 0.717) is 0 Å². The van der Waals surface area contributed by atoms with Crippen molar-refractivity contribution in [3.63, 3.8) is 0 Å². The normalized spacial score (nSPS) is 13.5. The number of carbonyl (C=O) groups excluding carboxylic acids is 1. The van der Waals surface area contributed by atoms with Gasteiger partial charge in [0.05, 0.1) is 0 Å². The molecule has 3 rings (SSSR count). The summed E-state index contributed by atoms with van der Waals surface area (Å²) in [5.41, 5.74) is 4.46. The molecule has 2 aromatic carbocycles. The molecule has 84 valence electrons. The number of para-hydroxylation sites is 1. The van der Waals surface area contributed by atoms with Gasteiger partial charge in [0.25, 0.3) is 0 Å². The molecular formula is C15H13NO. The lowest BCUT2D eigenvalue weighted by Gasteiger charge is -2.19. The van der Waals surface area contributed by atoms with Crippen LogP contribution in [0.15, 0.2) is 48.5 Å². The predicted octanol–water partition coefficient (Wildman–Crippen LogP) is 3.19. The van der Waals surface area contributed by atoms with Crippen molar-refractivity contribution < 1.29 is 4.79 Å². The second kappa shape index (κ2) is 4.06. The summed E-state index contributed by atoms with van der Waals surface area (Å²) >= 11 is 0. The maximum absolute atomic E-state index is 10.8. The lowest BCUT2D eigenvalue weighted by Crippen LogP contribution is -2.13. The van der Waals surface area contributed by atoms with E-state index < -0.39 is 0 Å². The van der Waals surface area contributed by atoms with Crippen molar-refractivity contribution in [2.45, 2.75) is 6.42 Å². The van der Waals surface area contributed by atoms with Gasteiger partial charge in [-0.15, -0.1) is 0 Å². The van der Waals surface area contributed by atoms with E-state index in [9.17, 15) is 4.79 Å². The van der Waals surface area contributed by atoms with Crippen LogP contribution in [0.5, 0.6) is 0 Å². The number of nitrogens with zero attached hydrogens (tertiary/aromatic N) is 1. The van der Waals surface area contributed by atoms with E-state index >= 15 is 0 Å². The molecule has 0 aliphatic carbocycles. The number of rotatable bonds is 2. The Morgan fingerprint density at radius 2 is 1.94 bits per heavy atom. The summed E-state index contributed by atoms with van der Waals surface area (Å²) in [5.74, 6) is 0. The van der Waals surface area contributed by atoms with Crippen molar-refractivity contribution in [2.75, 3.05) is 11.4 Å². The largest absolute Gasteiger partial charge is 0.341 e. The Labute approximate surface area is 100 Å². The van der Waals surface area contributed by atoms with Crippen LogP contribution < -0.4 is 4.90 Å². The number of carbonyl (C=O) groups is 1. The van der Waals surface area contributed by atoms with Crippen LogP contribution in [0.25, 0.3) is 0 Å². The molecule has 0 bridgehead atoms. The molecule has 0 spiro atoms. The zero-order valence-corrected chi connectivity index (χ0v) is 9.47. The second-order valence-corrected chi connectivity index (χ2v) is 4.24. The third-order valence-corrected chi connectivity index (χ3v) is 3.21. The molecule has 2 aromatic rings. The molecule has 0 saturated carbocycles. The minimum atomic E-state index is 0.729. The Morgan fingerprint density at radius 3 is 2.82 bits per heavy atom. The Hall–Kier alpha value is -2.09. The van der Waals surface area contributed by atoms with Crippen LogP contribution in [-0.4, -0.2) is 12.8 Å². The molecule has 0 saturated heterocycles. The van der Waals surface area contributed by atoms with Crippen molar-refractivity contribution in [2.24, 2.45) is 0 Å². The SMILES string of the molecule is O=Cc1cccc(N2CCc3ccccc32)c1. The zero-order chi connectivity index (χ0) is 11.7. The van der Waals surface area contributed by atoms with Crippen molar-refractivity contribution in [3.8, 4) is 0 Å². The summed E-state index contributed by atoms with van der Waals surface area (Å²) in [6.07, 6.45) is 1.97. The molecule has 2 heteroatoms. The van der Waals surface area contributed by atoms with Crippen molar-refractivity contribution in [1.82, 2.24) is 0 Å². The highest BCUT2D eigenvalue weighted by Gasteiger charge is 2.19. The van der Waals surface area contributed by atoms with Gasteiger partial charge in [-0.25, -0.2) is 0 Å². The smallest absolute Gasteiger partial charge is 0.150 e. The standard InChI is InChI=1S/C15H13NO/c17-11-12-4-3-6-14(10-12)16-9-8-13-5-1-2-7-15(13)16/h1-7,10-11H,8-9H2. The van der Waals surface area contributed by atoms with E-state index in [1.165, 1.54) is 11.3 Å². The van der Waals surface area contributed by atoms with Crippen molar-refractivity contribution in [3.05, 3.63) is 59.7 Å². The maximum Gasteiger partial charge on any atom is 0.150 e. The molecule has 1 aliphatic rings. The lowest BCUT2D eigenvalue weighted by molar-refractivity contribution is 0.112. The molecule has 0 fully saturated rings. The summed E-state index contributed by atoms with van der Waals surface area (Å²) in [6.45, 7) is 0.988. The van der Waals surface area contributed by atoms with Crippen LogP contribution in [0.2, 0.25) is 0 Å². The molecular weight excluding hydrogens is 210 g/mol. The maximum atomic E-state index is 10.8. The summed E-state index contributed by atoms with van der Waals surface area (Å²) in [7, 11) is 0. The fourth-order valence-corrected chi connectivity index (χ4v) is 2.37. The van der Waals surface area contributed by atoms with Crippen molar-refractivity contribution in [1.29, 1.82) is 0 Å². The molecule has 0 N–H and O–H groups in total. The highest BCUT2D eigenvalue weighted by atomic mass is 16.1. The van der Waals surface area contributed by atoms with Gasteiger partial charge in [0.2, 0.25) is 0 Å². The van der Waals surface area contributed by atoms with Crippen LogP contribution in [-0.2, 0) is 6.42 Å². The molecule has 2 nitrogen and oxygen atoms in total. The van der Waals surface area contributed by atoms with E-state index in [1.54, 1.807) is 0 Å². The highest BCUT2D eigenvalue weighted by molar-refractivity contribution is 5.79. The van der Waals surface area contributed by atoms with Crippen LogP contribution in [0, 0.1) is 0 Å². The third kappa shape index (κ3) is 1.72. The Bertz CT molecular complexity index is 562. The third-order valence-electron chi connectivity index (χ3n) is 3.21. The summed E-state index contributed by atoms with van der Waals surface area (Å²) in [5, 5.41) is 0. The van der Waals surface area contributed by atoms with Gasteiger partial charge in [0.1, 0.15) is 6.29 Å².